The highest BCUT2D eigenvalue weighted by atomic mass is 127. The van der Waals surface area contributed by atoms with Gasteiger partial charge in [0.25, 0.3) is 0 Å². The summed E-state index contributed by atoms with van der Waals surface area (Å²) < 4.78 is 15.8. The van der Waals surface area contributed by atoms with Gasteiger partial charge in [0.2, 0.25) is 0 Å². The molecule has 0 nitrogen and oxygen atoms in total. The Bertz CT molecular complexity index is 436. The first kappa shape index (κ1) is 8.77. The van der Waals surface area contributed by atoms with Gasteiger partial charge in [0, 0.05) is 13.7 Å². The van der Waals surface area contributed by atoms with Gasteiger partial charge in [-0.05, 0) is 40.8 Å². The van der Waals surface area contributed by atoms with E-state index in [0.717, 1.165) is 8.27 Å². The molecule has 12 heavy (non-hydrogen) atoms. The average molecular weight is 310 g/mol. The first-order valence-electron chi connectivity index (χ1n) is 3.25. The van der Waals surface area contributed by atoms with Crippen LogP contribution in [0.2, 0.25) is 0 Å². The van der Waals surface area contributed by atoms with E-state index in [0.29, 0.717) is 9.60 Å². The lowest BCUT2D eigenvalue weighted by atomic mass is 10.3. The molecule has 0 unspecified atom stereocenters. The second kappa shape index (κ2) is 3.16. The van der Waals surface area contributed by atoms with Crippen molar-refractivity contribution in [2.75, 3.05) is 0 Å². The third kappa shape index (κ3) is 1.36. The van der Waals surface area contributed by atoms with Gasteiger partial charge >= 0.3 is 0 Å². The highest BCUT2D eigenvalue weighted by Crippen LogP contribution is 2.32. The minimum absolute atomic E-state index is 0.199. The summed E-state index contributed by atoms with van der Waals surface area (Å²) in [5.74, 6) is -0.199. The first-order valence-corrected chi connectivity index (χ1v) is 5.59. The highest BCUT2D eigenvalue weighted by molar-refractivity contribution is 14.1. The molecule has 0 aliphatic heterocycles. The molecule has 1 aromatic heterocycles. The molecule has 0 aliphatic rings. The number of thiol groups is 1. The lowest BCUT2D eigenvalue weighted by molar-refractivity contribution is 0.624. The Labute approximate surface area is 92.3 Å². The Balaban J connectivity index is 2.87. The quantitative estimate of drug-likeness (QED) is 0.553. The van der Waals surface area contributed by atoms with Gasteiger partial charge in [-0.1, -0.05) is 0 Å². The molecule has 1 aromatic carbocycles. The maximum atomic E-state index is 13.2. The second-order valence-electron chi connectivity index (χ2n) is 2.36. The van der Waals surface area contributed by atoms with Crippen LogP contribution in [-0.4, -0.2) is 0 Å². The summed E-state index contributed by atoms with van der Waals surface area (Å²) in [6, 6.07) is 5.65. The summed E-state index contributed by atoms with van der Waals surface area (Å²) in [7, 11) is 0. The van der Waals surface area contributed by atoms with Crippen LogP contribution in [0.15, 0.2) is 22.4 Å². The number of rotatable bonds is 0. The minimum Gasteiger partial charge on any atom is -0.204 e. The van der Waals surface area contributed by atoms with Crippen molar-refractivity contribution in [3.8, 4) is 0 Å². The number of benzene rings is 1. The fourth-order valence-corrected chi connectivity index (χ4v) is 3.01. The fourth-order valence-electron chi connectivity index (χ4n) is 1.03. The van der Waals surface area contributed by atoms with E-state index in [2.05, 4.69) is 35.2 Å². The summed E-state index contributed by atoms with van der Waals surface area (Å²) in [5.41, 5.74) is 0. The molecule has 0 saturated heterocycles. The zero-order valence-electron chi connectivity index (χ0n) is 5.84. The van der Waals surface area contributed by atoms with Crippen molar-refractivity contribution >= 4 is 56.6 Å². The van der Waals surface area contributed by atoms with Crippen LogP contribution in [0.5, 0.6) is 0 Å². The number of fused-ring (bicyclic) bond motifs is 1. The molecule has 0 radical (unpaired) electrons. The topological polar surface area (TPSA) is 0 Å². The Morgan fingerprint density at radius 2 is 2.17 bits per heavy atom. The molecule has 4 heteroatoms. The molecular weight excluding hydrogens is 306 g/mol. The van der Waals surface area contributed by atoms with E-state index in [4.69, 9.17) is 0 Å². The Morgan fingerprint density at radius 3 is 2.92 bits per heavy atom. The zero-order valence-corrected chi connectivity index (χ0v) is 9.71. The molecule has 62 valence electrons. The molecule has 1 heterocycles. The van der Waals surface area contributed by atoms with Crippen molar-refractivity contribution in [1.29, 1.82) is 0 Å². The molecular formula is C8H4FIS2. The van der Waals surface area contributed by atoms with E-state index in [-0.39, 0.29) is 5.82 Å². The summed E-state index contributed by atoms with van der Waals surface area (Å²) >= 11 is 7.62. The van der Waals surface area contributed by atoms with Gasteiger partial charge in [-0.25, -0.2) is 4.39 Å². The van der Waals surface area contributed by atoms with Gasteiger partial charge in [0.05, 0.1) is 4.21 Å². The number of halogens is 2. The van der Waals surface area contributed by atoms with E-state index < -0.39 is 0 Å². The Hall–Kier alpha value is 0.190. The third-order valence-electron chi connectivity index (χ3n) is 1.57. The van der Waals surface area contributed by atoms with Crippen LogP contribution in [0, 0.1) is 9.39 Å². The predicted octanol–water partition coefficient (Wildman–Crippen LogP) is 3.93. The SMILES string of the molecule is Fc1c(S)sc2cc(I)ccc12. The molecule has 0 N–H and O–H groups in total. The molecule has 0 atom stereocenters. The van der Waals surface area contributed by atoms with Crippen molar-refractivity contribution in [2.45, 2.75) is 4.21 Å². The molecule has 2 rings (SSSR count). The summed E-state index contributed by atoms with van der Waals surface area (Å²) in [5, 5.41) is 0.672. The molecule has 0 saturated carbocycles. The Morgan fingerprint density at radius 1 is 1.42 bits per heavy atom. The van der Waals surface area contributed by atoms with Gasteiger partial charge in [-0.15, -0.1) is 24.0 Å². The van der Waals surface area contributed by atoms with Crippen molar-refractivity contribution in [3.63, 3.8) is 0 Å². The molecule has 0 spiro atoms. The van der Waals surface area contributed by atoms with E-state index in [1.807, 2.05) is 12.1 Å². The standard InChI is InChI=1S/C8H4FIS2/c9-7-5-2-1-4(10)3-6(5)12-8(7)11/h1-3,11H. The van der Waals surface area contributed by atoms with Crippen molar-refractivity contribution < 1.29 is 4.39 Å². The van der Waals surface area contributed by atoms with Crippen molar-refractivity contribution in [3.05, 3.63) is 27.6 Å². The number of hydrogen-bond acceptors (Lipinski definition) is 2. The smallest absolute Gasteiger partial charge is 0.155 e. The van der Waals surface area contributed by atoms with E-state index in [9.17, 15) is 4.39 Å². The van der Waals surface area contributed by atoms with E-state index in [1.54, 1.807) is 6.07 Å². The van der Waals surface area contributed by atoms with Crippen molar-refractivity contribution in [2.24, 2.45) is 0 Å². The predicted molar refractivity (Wildman–Crippen MR) is 61.8 cm³/mol. The monoisotopic (exact) mass is 310 g/mol. The van der Waals surface area contributed by atoms with Gasteiger partial charge in [-0.3, -0.25) is 0 Å². The van der Waals surface area contributed by atoms with E-state index >= 15 is 0 Å². The molecule has 2 aromatic rings. The number of thiophene rings is 1. The van der Waals surface area contributed by atoms with Gasteiger partial charge in [0.15, 0.2) is 5.82 Å². The van der Waals surface area contributed by atoms with Gasteiger partial charge < -0.3 is 0 Å². The van der Waals surface area contributed by atoms with Crippen LogP contribution in [0.1, 0.15) is 0 Å². The molecule has 0 amide bonds. The minimum atomic E-state index is -0.199. The van der Waals surface area contributed by atoms with Crippen LogP contribution in [0.3, 0.4) is 0 Å². The van der Waals surface area contributed by atoms with Crippen LogP contribution >= 0.6 is 46.6 Å². The first-order chi connectivity index (χ1) is 5.68. The average Bonchev–Trinajstić information content (AvgIpc) is 2.28. The second-order valence-corrected chi connectivity index (χ2v) is 5.41. The van der Waals surface area contributed by atoms with Crippen LogP contribution in [0.25, 0.3) is 10.1 Å². The van der Waals surface area contributed by atoms with E-state index in [1.165, 1.54) is 11.3 Å². The van der Waals surface area contributed by atoms with Crippen LogP contribution < -0.4 is 0 Å². The number of hydrogen-bond donors (Lipinski definition) is 1. The van der Waals surface area contributed by atoms with Crippen LogP contribution in [0.4, 0.5) is 4.39 Å². The fraction of sp³-hybridized carbons (Fsp3) is 0. The third-order valence-corrected chi connectivity index (χ3v) is 3.65. The Kier molecular flexibility index (Phi) is 2.31. The van der Waals surface area contributed by atoms with Gasteiger partial charge in [0.1, 0.15) is 0 Å². The molecule has 0 aliphatic carbocycles. The lowest BCUT2D eigenvalue weighted by Crippen LogP contribution is -1.71. The van der Waals surface area contributed by atoms with Crippen molar-refractivity contribution in [1.82, 2.24) is 0 Å². The lowest BCUT2D eigenvalue weighted by Gasteiger charge is -1.89. The summed E-state index contributed by atoms with van der Waals surface area (Å²) in [4.78, 5) is 0. The maximum Gasteiger partial charge on any atom is 0.155 e. The summed E-state index contributed by atoms with van der Waals surface area (Å²) in [6.07, 6.45) is 0. The summed E-state index contributed by atoms with van der Waals surface area (Å²) in [6.45, 7) is 0. The molecule has 0 fully saturated rings. The highest BCUT2D eigenvalue weighted by Gasteiger charge is 2.08. The van der Waals surface area contributed by atoms with Crippen LogP contribution in [-0.2, 0) is 0 Å². The maximum absolute atomic E-state index is 13.2. The normalized spacial score (nSPS) is 10.9. The van der Waals surface area contributed by atoms with Gasteiger partial charge in [-0.2, -0.15) is 0 Å². The largest absolute Gasteiger partial charge is 0.204 e. The zero-order chi connectivity index (χ0) is 8.72. The molecule has 0 bridgehead atoms.